The van der Waals surface area contributed by atoms with Gasteiger partial charge in [0.05, 0.1) is 5.52 Å². The Hall–Kier alpha value is -2.23. The Bertz CT molecular complexity index is 833. The molecule has 0 fully saturated rings. The van der Waals surface area contributed by atoms with Gasteiger partial charge in [0.25, 0.3) is 0 Å². The lowest BCUT2D eigenvalue weighted by molar-refractivity contribution is -0.119. The number of fused-ring (bicyclic) bond motifs is 3. The number of ketones is 1. The Morgan fingerprint density at radius 2 is 2.05 bits per heavy atom. The smallest absolute Gasteiger partial charge is 0.141 e. The van der Waals surface area contributed by atoms with Crippen LogP contribution < -0.4 is 0 Å². The molecule has 0 aromatic carbocycles. The van der Waals surface area contributed by atoms with E-state index in [1.54, 1.807) is 6.20 Å². The van der Waals surface area contributed by atoms with Crippen LogP contribution in [0.5, 0.6) is 0 Å². The molecule has 0 atom stereocenters. The number of aromatic nitrogens is 3. The van der Waals surface area contributed by atoms with E-state index in [1.807, 2.05) is 25.4 Å². The summed E-state index contributed by atoms with van der Waals surface area (Å²) >= 11 is 0. The summed E-state index contributed by atoms with van der Waals surface area (Å²) in [6.45, 7) is 4.15. The second kappa shape index (κ2) is 5.87. The highest BCUT2D eigenvalue weighted by Crippen LogP contribution is 2.26. The Morgan fingerprint density at radius 3 is 2.82 bits per heavy atom. The van der Waals surface area contributed by atoms with Crippen molar-refractivity contribution in [2.24, 2.45) is 13.0 Å². The first kappa shape index (κ1) is 14.7. The van der Waals surface area contributed by atoms with Gasteiger partial charge < -0.3 is 4.57 Å². The van der Waals surface area contributed by atoms with Crippen molar-refractivity contribution in [3.05, 3.63) is 36.3 Å². The minimum Gasteiger partial charge on any atom is -0.328 e. The van der Waals surface area contributed by atoms with Gasteiger partial charge in [-0.2, -0.15) is 0 Å². The average Bonchev–Trinajstić information content (AvgIpc) is 2.78. The van der Waals surface area contributed by atoms with Gasteiger partial charge >= 0.3 is 0 Å². The van der Waals surface area contributed by atoms with Crippen molar-refractivity contribution in [2.75, 3.05) is 0 Å². The third kappa shape index (κ3) is 2.73. The van der Waals surface area contributed by atoms with Gasteiger partial charge in [0.1, 0.15) is 11.4 Å². The zero-order valence-corrected chi connectivity index (χ0v) is 13.3. The van der Waals surface area contributed by atoms with E-state index in [0.29, 0.717) is 31.0 Å². The molecule has 3 heterocycles. The summed E-state index contributed by atoms with van der Waals surface area (Å²) in [5.41, 5.74) is 3.06. The second-order valence-corrected chi connectivity index (χ2v) is 6.26. The minimum atomic E-state index is 0.318. The molecule has 22 heavy (non-hydrogen) atoms. The fourth-order valence-electron chi connectivity index (χ4n) is 2.92. The van der Waals surface area contributed by atoms with E-state index in [0.717, 1.165) is 27.6 Å². The number of pyridine rings is 2. The third-order valence-corrected chi connectivity index (χ3v) is 4.00. The molecule has 0 aliphatic rings. The number of carbonyl (C=O) groups is 1. The molecule has 0 saturated carbocycles. The predicted molar refractivity (Wildman–Crippen MR) is 88.8 cm³/mol. The Labute approximate surface area is 130 Å². The largest absolute Gasteiger partial charge is 0.328 e. The third-order valence-electron chi connectivity index (χ3n) is 4.00. The quantitative estimate of drug-likeness (QED) is 0.721. The Morgan fingerprint density at radius 1 is 1.23 bits per heavy atom. The monoisotopic (exact) mass is 295 g/mol. The highest BCUT2D eigenvalue weighted by atomic mass is 16.1. The van der Waals surface area contributed by atoms with Gasteiger partial charge in [-0.25, -0.2) is 4.98 Å². The lowest BCUT2D eigenvalue weighted by atomic mass is 10.0. The van der Waals surface area contributed by atoms with Crippen molar-refractivity contribution in [2.45, 2.75) is 33.1 Å². The number of rotatable bonds is 5. The molecule has 0 aliphatic carbocycles. The van der Waals surface area contributed by atoms with Crippen LogP contribution in [0.2, 0.25) is 0 Å². The van der Waals surface area contributed by atoms with Gasteiger partial charge in [-0.1, -0.05) is 13.8 Å². The molecule has 3 aromatic rings. The van der Waals surface area contributed by atoms with Gasteiger partial charge in [0.2, 0.25) is 0 Å². The number of aryl methyl sites for hydroxylation is 2. The zero-order chi connectivity index (χ0) is 15.7. The molecule has 0 radical (unpaired) electrons. The van der Waals surface area contributed by atoms with Crippen molar-refractivity contribution in [3.63, 3.8) is 0 Å². The first-order valence-electron chi connectivity index (χ1n) is 7.76. The summed E-state index contributed by atoms with van der Waals surface area (Å²) in [6.07, 6.45) is 5.61. The fourth-order valence-corrected chi connectivity index (χ4v) is 2.92. The summed E-state index contributed by atoms with van der Waals surface area (Å²) < 4.78 is 2.09. The lowest BCUT2D eigenvalue weighted by Gasteiger charge is -2.04. The molecule has 0 N–H and O–H groups in total. The van der Waals surface area contributed by atoms with E-state index in [-0.39, 0.29) is 0 Å². The van der Waals surface area contributed by atoms with Gasteiger partial charge in [0.15, 0.2) is 0 Å². The van der Waals surface area contributed by atoms with Crippen LogP contribution in [0.3, 0.4) is 0 Å². The number of hydrogen-bond donors (Lipinski definition) is 0. The second-order valence-electron chi connectivity index (χ2n) is 6.26. The first-order valence-corrected chi connectivity index (χ1v) is 7.76. The maximum absolute atomic E-state index is 11.9. The number of carbonyl (C=O) groups excluding carboxylic acids is 1. The summed E-state index contributed by atoms with van der Waals surface area (Å²) in [5, 5.41) is 2.23. The van der Waals surface area contributed by atoms with Gasteiger partial charge in [0, 0.05) is 48.7 Å². The van der Waals surface area contributed by atoms with Crippen LogP contribution in [-0.4, -0.2) is 20.3 Å². The molecular formula is C18H21N3O. The fraction of sp³-hybridized carbons (Fsp3) is 0.389. The Kier molecular flexibility index (Phi) is 3.92. The first-order chi connectivity index (χ1) is 10.6. The van der Waals surface area contributed by atoms with Crippen molar-refractivity contribution in [3.8, 4) is 0 Å². The van der Waals surface area contributed by atoms with Crippen LogP contribution in [0.4, 0.5) is 0 Å². The maximum Gasteiger partial charge on any atom is 0.141 e. The van der Waals surface area contributed by atoms with E-state index in [9.17, 15) is 4.79 Å². The van der Waals surface area contributed by atoms with E-state index in [4.69, 9.17) is 4.98 Å². The summed E-state index contributed by atoms with van der Waals surface area (Å²) in [4.78, 5) is 20.8. The van der Waals surface area contributed by atoms with E-state index in [2.05, 4.69) is 29.5 Å². The molecule has 0 aliphatic heterocycles. The van der Waals surface area contributed by atoms with Crippen LogP contribution in [0.15, 0.2) is 30.6 Å². The molecular weight excluding hydrogens is 274 g/mol. The van der Waals surface area contributed by atoms with Gasteiger partial charge in [-0.3, -0.25) is 9.78 Å². The molecule has 0 saturated heterocycles. The average molecular weight is 295 g/mol. The maximum atomic E-state index is 11.9. The van der Waals surface area contributed by atoms with Crippen LogP contribution in [-0.2, 0) is 18.3 Å². The lowest BCUT2D eigenvalue weighted by Crippen LogP contribution is -2.05. The van der Waals surface area contributed by atoms with Crippen LogP contribution in [0.1, 0.15) is 32.4 Å². The summed E-state index contributed by atoms with van der Waals surface area (Å²) in [7, 11) is 2.02. The highest BCUT2D eigenvalue weighted by molar-refractivity contribution is 6.06. The molecule has 0 bridgehead atoms. The van der Waals surface area contributed by atoms with Crippen molar-refractivity contribution >= 4 is 27.7 Å². The number of hydrogen-bond acceptors (Lipinski definition) is 3. The normalized spacial score (nSPS) is 11.6. The standard InChI is InChI=1S/C18H21N3O/c1-12(2)10-14(22)6-4-13-5-7-15-16-11-19-9-8-17(16)21(3)18(15)20-13/h5,7-9,11-12H,4,6,10H2,1-3H3. The van der Waals surface area contributed by atoms with Crippen LogP contribution in [0, 0.1) is 5.92 Å². The zero-order valence-electron chi connectivity index (χ0n) is 13.3. The van der Waals surface area contributed by atoms with Crippen LogP contribution >= 0.6 is 0 Å². The summed E-state index contributed by atoms with van der Waals surface area (Å²) in [5.74, 6) is 0.742. The molecule has 4 heteroatoms. The molecule has 0 unspecified atom stereocenters. The van der Waals surface area contributed by atoms with E-state index in [1.165, 1.54) is 0 Å². The Balaban J connectivity index is 1.88. The molecule has 3 aromatic heterocycles. The minimum absolute atomic E-state index is 0.318. The molecule has 114 valence electrons. The van der Waals surface area contributed by atoms with Crippen molar-refractivity contribution in [1.82, 2.24) is 14.5 Å². The summed E-state index contributed by atoms with van der Waals surface area (Å²) in [6, 6.07) is 6.12. The molecule has 0 spiro atoms. The molecule has 3 rings (SSSR count). The van der Waals surface area contributed by atoms with Crippen molar-refractivity contribution in [1.29, 1.82) is 0 Å². The number of Topliss-reactive ketones (excluding diaryl/α,β-unsaturated/α-hetero) is 1. The topological polar surface area (TPSA) is 47.8 Å². The predicted octanol–water partition coefficient (Wildman–Crippen LogP) is 3.67. The van der Waals surface area contributed by atoms with Gasteiger partial charge in [-0.05, 0) is 30.5 Å². The van der Waals surface area contributed by atoms with Crippen molar-refractivity contribution < 1.29 is 4.79 Å². The van der Waals surface area contributed by atoms with E-state index >= 15 is 0 Å². The highest BCUT2D eigenvalue weighted by Gasteiger charge is 2.11. The van der Waals surface area contributed by atoms with E-state index < -0.39 is 0 Å². The SMILES string of the molecule is CC(C)CC(=O)CCc1ccc2c3cnccc3n(C)c2n1. The number of nitrogens with zero attached hydrogens (tertiary/aromatic N) is 3. The van der Waals surface area contributed by atoms with Crippen LogP contribution in [0.25, 0.3) is 21.9 Å². The molecule has 4 nitrogen and oxygen atoms in total. The van der Waals surface area contributed by atoms with Gasteiger partial charge in [-0.15, -0.1) is 0 Å². The molecule has 0 amide bonds.